The number of aromatic hydroxyl groups is 1. The van der Waals surface area contributed by atoms with E-state index >= 15 is 0 Å². The summed E-state index contributed by atoms with van der Waals surface area (Å²) in [5.74, 6) is 0.0327. The van der Waals surface area contributed by atoms with Crippen molar-refractivity contribution in [2.24, 2.45) is 0 Å². The Morgan fingerprint density at radius 3 is 3.00 bits per heavy atom. The highest BCUT2D eigenvalue weighted by Gasteiger charge is 2.41. The zero-order chi connectivity index (χ0) is 12.2. The summed E-state index contributed by atoms with van der Waals surface area (Å²) in [6, 6.07) is 2.38. The van der Waals surface area contributed by atoms with Crippen molar-refractivity contribution in [3.63, 3.8) is 0 Å². The SMILES string of the molecule is C[C@]12CCN[C@H](Cc3cc(Cl)c(O)c(Cl)c31)C2. The number of piperidine rings is 1. The first-order chi connectivity index (χ1) is 8.01. The number of phenols is 1. The molecular weight excluding hydrogens is 257 g/mol. The second-order valence-electron chi connectivity index (χ2n) is 5.43. The van der Waals surface area contributed by atoms with Crippen molar-refractivity contribution < 1.29 is 5.11 Å². The monoisotopic (exact) mass is 271 g/mol. The van der Waals surface area contributed by atoms with Crippen molar-refractivity contribution in [2.75, 3.05) is 6.54 Å². The lowest BCUT2D eigenvalue weighted by Crippen LogP contribution is -2.49. The molecule has 1 saturated heterocycles. The molecule has 0 saturated carbocycles. The van der Waals surface area contributed by atoms with Gasteiger partial charge in [0.2, 0.25) is 0 Å². The van der Waals surface area contributed by atoms with Gasteiger partial charge in [-0.2, -0.15) is 0 Å². The first kappa shape index (κ1) is 11.6. The van der Waals surface area contributed by atoms with Crippen LogP contribution in [0.4, 0.5) is 0 Å². The Balaban J connectivity index is 2.24. The molecule has 0 aromatic heterocycles. The largest absolute Gasteiger partial charge is 0.505 e. The minimum Gasteiger partial charge on any atom is -0.505 e. The molecule has 2 aliphatic rings. The lowest BCUT2D eigenvalue weighted by molar-refractivity contribution is 0.249. The molecule has 2 bridgehead atoms. The second kappa shape index (κ2) is 3.78. The first-order valence-corrected chi connectivity index (χ1v) is 6.70. The highest BCUT2D eigenvalue weighted by atomic mass is 35.5. The zero-order valence-corrected chi connectivity index (χ0v) is 11.2. The maximum atomic E-state index is 9.89. The molecule has 2 N–H and O–H groups in total. The summed E-state index contributed by atoms with van der Waals surface area (Å²) in [5.41, 5.74) is 2.37. The van der Waals surface area contributed by atoms with E-state index < -0.39 is 0 Å². The van der Waals surface area contributed by atoms with Crippen molar-refractivity contribution in [2.45, 2.75) is 37.6 Å². The van der Waals surface area contributed by atoms with Gasteiger partial charge in [0, 0.05) is 6.04 Å². The van der Waals surface area contributed by atoms with Gasteiger partial charge in [0.15, 0.2) is 5.75 Å². The maximum Gasteiger partial charge on any atom is 0.153 e. The van der Waals surface area contributed by atoms with Crippen LogP contribution < -0.4 is 5.32 Å². The van der Waals surface area contributed by atoms with Crippen LogP contribution in [0.5, 0.6) is 5.75 Å². The first-order valence-electron chi connectivity index (χ1n) is 5.95. The van der Waals surface area contributed by atoms with E-state index in [2.05, 4.69) is 12.2 Å². The highest BCUT2D eigenvalue weighted by molar-refractivity contribution is 6.37. The van der Waals surface area contributed by atoms with Crippen molar-refractivity contribution in [1.29, 1.82) is 0 Å². The van der Waals surface area contributed by atoms with Crippen LogP contribution in [0.25, 0.3) is 0 Å². The summed E-state index contributed by atoms with van der Waals surface area (Å²) >= 11 is 12.3. The lowest BCUT2D eigenvalue weighted by Gasteiger charge is -2.45. The number of hydrogen-bond donors (Lipinski definition) is 2. The number of nitrogens with one attached hydrogen (secondary N) is 1. The Bertz CT molecular complexity index is 489. The number of benzene rings is 1. The van der Waals surface area contributed by atoms with Crippen LogP contribution in [-0.4, -0.2) is 17.7 Å². The van der Waals surface area contributed by atoms with Crippen molar-refractivity contribution >= 4 is 23.2 Å². The van der Waals surface area contributed by atoms with Crippen molar-refractivity contribution in [3.05, 3.63) is 27.2 Å². The highest BCUT2D eigenvalue weighted by Crippen LogP contribution is 2.49. The standard InChI is InChI=1S/C13H15Cl2NO/c1-13-2-3-16-8(6-13)4-7-5-9(14)12(17)11(15)10(7)13/h5,8,16-17H,2-4,6H2,1H3/t8-,13-/m1/s1. The average molecular weight is 272 g/mol. The van der Waals surface area contributed by atoms with Crippen LogP contribution in [0.3, 0.4) is 0 Å². The molecular formula is C13H15Cl2NO. The molecule has 17 heavy (non-hydrogen) atoms. The normalized spacial score (nSPS) is 31.1. The molecule has 0 radical (unpaired) electrons. The van der Waals surface area contributed by atoms with Crippen molar-refractivity contribution in [3.8, 4) is 5.75 Å². The molecule has 0 spiro atoms. The third-order valence-corrected chi connectivity index (χ3v) is 4.81. The van der Waals surface area contributed by atoms with Gasteiger partial charge in [0.1, 0.15) is 0 Å². The predicted molar refractivity (Wildman–Crippen MR) is 70.2 cm³/mol. The Morgan fingerprint density at radius 2 is 2.24 bits per heavy atom. The Hall–Kier alpha value is -0.440. The van der Waals surface area contributed by atoms with Crippen LogP contribution in [0.15, 0.2) is 6.07 Å². The summed E-state index contributed by atoms with van der Waals surface area (Å²) in [5, 5.41) is 14.2. The molecule has 2 nitrogen and oxygen atoms in total. The molecule has 0 amide bonds. The van der Waals surface area contributed by atoms with Crippen molar-refractivity contribution in [1.82, 2.24) is 5.32 Å². The smallest absolute Gasteiger partial charge is 0.153 e. The summed E-state index contributed by atoms with van der Waals surface area (Å²) < 4.78 is 0. The van der Waals surface area contributed by atoms with E-state index in [0.29, 0.717) is 16.1 Å². The molecule has 4 heteroatoms. The Labute approximate surface area is 111 Å². The molecule has 92 valence electrons. The van der Waals surface area contributed by atoms with Gasteiger partial charge in [-0.15, -0.1) is 0 Å². The number of phenolic OH excluding ortho intramolecular Hbond substituents is 1. The van der Waals surface area contributed by atoms with Crippen LogP contribution in [-0.2, 0) is 11.8 Å². The third-order valence-electron chi connectivity index (χ3n) is 4.15. The summed E-state index contributed by atoms with van der Waals surface area (Å²) in [7, 11) is 0. The Kier molecular flexibility index (Phi) is 2.58. The van der Waals surface area contributed by atoms with Gasteiger partial charge in [-0.05, 0) is 48.4 Å². The predicted octanol–water partition coefficient (Wildman–Crippen LogP) is 3.26. The second-order valence-corrected chi connectivity index (χ2v) is 6.21. The molecule has 1 aromatic rings. The Morgan fingerprint density at radius 1 is 1.47 bits per heavy atom. The van der Waals surface area contributed by atoms with Gasteiger partial charge in [-0.3, -0.25) is 0 Å². The number of fused-ring (bicyclic) bond motifs is 4. The fourth-order valence-corrected chi connectivity index (χ4v) is 4.10. The molecule has 1 heterocycles. The van der Waals surface area contributed by atoms with Gasteiger partial charge >= 0.3 is 0 Å². The number of halogens is 2. The van der Waals surface area contributed by atoms with Gasteiger partial charge in [0.05, 0.1) is 10.0 Å². The number of rotatable bonds is 0. The minimum absolute atomic E-state index is 0.0327. The van der Waals surface area contributed by atoms with E-state index in [4.69, 9.17) is 23.2 Å². The average Bonchev–Trinajstić information content (AvgIpc) is 2.24. The quantitative estimate of drug-likeness (QED) is 0.759. The van der Waals surface area contributed by atoms with Gasteiger partial charge in [-0.1, -0.05) is 30.1 Å². The fraction of sp³-hybridized carbons (Fsp3) is 0.538. The molecule has 1 aromatic carbocycles. The van der Waals surface area contributed by atoms with Crippen LogP contribution in [0.2, 0.25) is 10.0 Å². The van der Waals surface area contributed by atoms with Crippen LogP contribution >= 0.6 is 23.2 Å². The minimum atomic E-state index is 0.0327. The van der Waals surface area contributed by atoms with E-state index in [0.717, 1.165) is 31.4 Å². The molecule has 1 fully saturated rings. The van der Waals surface area contributed by atoms with Crippen LogP contribution in [0.1, 0.15) is 30.9 Å². The van der Waals surface area contributed by atoms with E-state index in [1.165, 1.54) is 5.56 Å². The van der Waals surface area contributed by atoms with E-state index in [9.17, 15) is 5.11 Å². The lowest BCUT2D eigenvalue weighted by atomic mass is 9.65. The van der Waals surface area contributed by atoms with E-state index in [1.807, 2.05) is 6.07 Å². The molecule has 1 aliphatic carbocycles. The van der Waals surface area contributed by atoms with Gasteiger partial charge in [0.25, 0.3) is 0 Å². The van der Waals surface area contributed by atoms with Gasteiger partial charge in [-0.25, -0.2) is 0 Å². The molecule has 1 aliphatic heterocycles. The fourth-order valence-electron chi connectivity index (χ4n) is 3.38. The molecule has 0 unspecified atom stereocenters. The number of hydrogen-bond acceptors (Lipinski definition) is 2. The van der Waals surface area contributed by atoms with Gasteiger partial charge < -0.3 is 10.4 Å². The third kappa shape index (κ3) is 1.66. The summed E-state index contributed by atoms with van der Waals surface area (Å²) in [6.07, 6.45) is 3.09. The molecule has 3 rings (SSSR count). The van der Waals surface area contributed by atoms with E-state index in [-0.39, 0.29) is 11.2 Å². The topological polar surface area (TPSA) is 32.3 Å². The summed E-state index contributed by atoms with van der Waals surface area (Å²) in [6.45, 7) is 3.25. The maximum absolute atomic E-state index is 9.89. The zero-order valence-electron chi connectivity index (χ0n) is 9.69. The summed E-state index contributed by atoms with van der Waals surface area (Å²) in [4.78, 5) is 0. The van der Waals surface area contributed by atoms with E-state index in [1.54, 1.807) is 0 Å². The van der Waals surface area contributed by atoms with Crippen LogP contribution in [0, 0.1) is 0 Å². The molecule has 2 atom stereocenters.